The summed E-state index contributed by atoms with van der Waals surface area (Å²) in [5, 5.41) is 0. The summed E-state index contributed by atoms with van der Waals surface area (Å²) in [5.74, 6) is -10.6. The molecule has 1 aromatic rings. The fourth-order valence-electron chi connectivity index (χ4n) is 1.16. The van der Waals surface area contributed by atoms with Gasteiger partial charge in [-0.15, -0.1) is 0 Å². The molecule has 0 saturated heterocycles. The van der Waals surface area contributed by atoms with Gasteiger partial charge in [0.2, 0.25) is 5.82 Å². The van der Waals surface area contributed by atoms with Gasteiger partial charge >= 0.3 is 0 Å². The molecule has 0 fully saturated rings. The Hall–Kier alpha value is -0.980. The van der Waals surface area contributed by atoms with E-state index in [1.807, 2.05) is 0 Å². The third-order valence-corrected chi connectivity index (χ3v) is 3.55. The maximum atomic E-state index is 13.2. The van der Waals surface area contributed by atoms with Crippen molar-refractivity contribution in [3.63, 3.8) is 0 Å². The highest BCUT2D eigenvalue weighted by Crippen LogP contribution is 2.25. The molecular weight excluding hydrogens is 263 g/mol. The summed E-state index contributed by atoms with van der Waals surface area (Å²) in [6, 6.07) is 0. The summed E-state index contributed by atoms with van der Waals surface area (Å²) in [7, 11) is -2.23. The lowest BCUT2D eigenvalue weighted by atomic mass is 10.3. The fraction of sp³-hybridized carbons (Fsp3) is 0.400. The minimum absolute atomic E-state index is 0.144. The molecule has 96 valence electrons. The van der Waals surface area contributed by atoms with E-state index in [9.17, 15) is 26.2 Å². The Morgan fingerprint density at radius 2 is 1.29 bits per heavy atom. The molecule has 1 unspecified atom stereocenters. The zero-order valence-corrected chi connectivity index (χ0v) is 9.64. The maximum Gasteiger partial charge on any atom is 0.200 e. The third-order valence-electron chi connectivity index (χ3n) is 2.08. The lowest BCUT2D eigenvalue weighted by Crippen LogP contribution is -2.10. The van der Waals surface area contributed by atoms with Gasteiger partial charge in [-0.05, 0) is 6.42 Å². The van der Waals surface area contributed by atoms with E-state index in [0.29, 0.717) is 12.8 Å². The number of benzene rings is 1. The fourth-order valence-corrected chi connectivity index (χ4v) is 2.50. The second-order valence-electron chi connectivity index (χ2n) is 3.30. The van der Waals surface area contributed by atoms with Crippen molar-refractivity contribution < 1.29 is 26.2 Å². The number of unbranched alkanes of at least 4 members (excludes halogenated alkanes) is 1. The largest absolute Gasteiger partial charge is 0.254 e. The van der Waals surface area contributed by atoms with Crippen LogP contribution in [0.15, 0.2) is 4.90 Å². The van der Waals surface area contributed by atoms with Gasteiger partial charge in [-0.2, -0.15) is 0 Å². The molecule has 0 heterocycles. The molecule has 0 N–H and O–H groups in total. The second kappa shape index (κ2) is 5.57. The molecule has 0 aliphatic carbocycles. The van der Waals surface area contributed by atoms with Gasteiger partial charge < -0.3 is 0 Å². The molecule has 1 atom stereocenters. The van der Waals surface area contributed by atoms with Gasteiger partial charge in [0.15, 0.2) is 23.3 Å². The topological polar surface area (TPSA) is 17.1 Å². The van der Waals surface area contributed by atoms with Gasteiger partial charge in [-0.1, -0.05) is 13.3 Å². The van der Waals surface area contributed by atoms with Crippen molar-refractivity contribution in [2.45, 2.75) is 24.7 Å². The molecule has 0 bridgehead atoms. The van der Waals surface area contributed by atoms with E-state index in [2.05, 4.69) is 0 Å². The molecule has 0 aliphatic heterocycles. The van der Waals surface area contributed by atoms with Crippen molar-refractivity contribution in [3.05, 3.63) is 29.1 Å². The Balaban J connectivity index is 3.29. The minimum Gasteiger partial charge on any atom is -0.254 e. The Morgan fingerprint density at radius 3 is 1.71 bits per heavy atom. The molecule has 0 amide bonds. The van der Waals surface area contributed by atoms with Crippen LogP contribution in [-0.2, 0) is 10.8 Å². The van der Waals surface area contributed by atoms with Gasteiger partial charge in [-0.3, -0.25) is 4.21 Å². The van der Waals surface area contributed by atoms with E-state index >= 15 is 0 Å². The van der Waals surface area contributed by atoms with Gasteiger partial charge in [-0.25, -0.2) is 22.0 Å². The van der Waals surface area contributed by atoms with Crippen molar-refractivity contribution in [3.8, 4) is 0 Å². The van der Waals surface area contributed by atoms with E-state index in [1.54, 1.807) is 6.92 Å². The summed E-state index contributed by atoms with van der Waals surface area (Å²) >= 11 is 0. The van der Waals surface area contributed by atoms with Crippen molar-refractivity contribution in [1.29, 1.82) is 0 Å². The Morgan fingerprint density at radius 1 is 0.882 bits per heavy atom. The first kappa shape index (κ1) is 14.1. The number of hydrogen-bond acceptors (Lipinski definition) is 1. The summed E-state index contributed by atoms with van der Waals surface area (Å²) in [6.07, 6.45) is 0.966. The summed E-state index contributed by atoms with van der Waals surface area (Å²) < 4.78 is 76.0. The first-order valence-electron chi connectivity index (χ1n) is 4.81. The highest BCUT2D eigenvalue weighted by Gasteiger charge is 2.28. The predicted octanol–water partition coefficient (Wildman–Crippen LogP) is 3.29. The maximum absolute atomic E-state index is 13.2. The molecule has 17 heavy (non-hydrogen) atoms. The van der Waals surface area contributed by atoms with Crippen LogP contribution < -0.4 is 0 Å². The van der Waals surface area contributed by atoms with Crippen molar-refractivity contribution in [2.75, 3.05) is 5.75 Å². The molecule has 0 radical (unpaired) electrons. The average molecular weight is 272 g/mol. The lowest BCUT2D eigenvalue weighted by Gasteiger charge is -2.07. The van der Waals surface area contributed by atoms with Crippen molar-refractivity contribution in [2.24, 2.45) is 0 Å². The SMILES string of the molecule is CCCCS(=O)c1c(F)c(F)c(F)c(F)c1F. The molecule has 0 aromatic heterocycles. The molecule has 0 saturated carbocycles. The Labute approximate surface area is 97.1 Å². The van der Waals surface area contributed by atoms with Crippen LogP contribution >= 0.6 is 0 Å². The van der Waals surface area contributed by atoms with Crippen molar-refractivity contribution >= 4 is 10.8 Å². The average Bonchev–Trinajstić information content (AvgIpc) is 2.31. The van der Waals surface area contributed by atoms with Crippen LogP contribution in [0.2, 0.25) is 0 Å². The first-order chi connectivity index (χ1) is 7.91. The minimum atomic E-state index is -2.24. The zero-order valence-electron chi connectivity index (χ0n) is 8.83. The molecule has 1 aromatic carbocycles. The standard InChI is InChI=1S/C10H9F5OS/c1-2-3-4-17(16)10-8(14)6(12)5(11)7(13)9(10)15/h2-4H2,1H3. The predicted molar refractivity (Wildman–Crippen MR) is 52.4 cm³/mol. The molecular formula is C10H9F5OS. The first-order valence-corrected chi connectivity index (χ1v) is 6.13. The lowest BCUT2D eigenvalue weighted by molar-refractivity contribution is 0.359. The number of halogens is 5. The van der Waals surface area contributed by atoms with Crippen LogP contribution in [0.1, 0.15) is 19.8 Å². The molecule has 1 rings (SSSR count). The molecule has 0 spiro atoms. The number of hydrogen-bond donors (Lipinski definition) is 0. The van der Waals surface area contributed by atoms with Gasteiger partial charge in [0.25, 0.3) is 0 Å². The highest BCUT2D eigenvalue weighted by molar-refractivity contribution is 7.85. The normalized spacial score (nSPS) is 12.8. The molecule has 7 heteroatoms. The van der Waals surface area contributed by atoms with Gasteiger partial charge in [0.1, 0.15) is 4.90 Å². The van der Waals surface area contributed by atoms with Crippen molar-refractivity contribution in [1.82, 2.24) is 0 Å². The van der Waals surface area contributed by atoms with E-state index in [1.165, 1.54) is 0 Å². The van der Waals surface area contributed by atoms with E-state index < -0.39 is 44.8 Å². The van der Waals surface area contributed by atoms with E-state index in [0.717, 1.165) is 0 Å². The van der Waals surface area contributed by atoms with Crippen LogP contribution in [0, 0.1) is 29.1 Å². The zero-order chi connectivity index (χ0) is 13.2. The van der Waals surface area contributed by atoms with Crippen LogP contribution in [0.4, 0.5) is 22.0 Å². The van der Waals surface area contributed by atoms with Gasteiger partial charge in [0.05, 0.1) is 10.8 Å². The quantitative estimate of drug-likeness (QED) is 0.467. The van der Waals surface area contributed by atoms with E-state index in [4.69, 9.17) is 0 Å². The van der Waals surface area contributed by atoms with Crippen LogP contribution in [0.25, 0.3) is 0 Å². The summed E-state index contributed by atoms with van der Waals surface area (Å²) in [6.45, 7) is 1.75. The Kier molecular flexibility index (Phi) is 4.62. The van der Waals surface area contributed by atoms with Crippen LogP contribution in [-0.4, -0.2) is 9.96 Å². The Bertz CT molecular complexity index is 431. The summed E-state index contributed by atoms with van der Waals surface area (Å²) in [5.41, 5.74) is 0. The molecule has 0 aliphatic rings. The molecule has 1 nitrogen and oxygen atoms in total. The number of rotatable bonds is 4. The van der Waals surface area contributed by atoms with E-state index in [-0.39, 0.29) is 5.75 Å². The summed E-state index contributed by atoms with van der Waals surface area (Å²) in [4.78, 5) is -1.24. The van der Waals surface area contributed by atoms with Crippen LogP contribution in [0.5, 0.6) is 0 Å². The highest BCUT2D eigenvalue weighted by atomic mass is 32.2. The van der Waals surface area contributed by atoms with Crippen LogP contribution in [0.3, 0.4) is 0 Å². The second-order valence-corrected chi connectivity index (χ2v) is 4.81. The van der Waals surface area contributed by atoms with Gasteiger partial charge in [0, 0.05) is 5.75 Å². The third kappa shape index (κ3) is 2.65. The smallest absolute Gasteiger partial charge is 0.200 e. The monoisotopic (exact) mass is 272 g/mol.